The van der Waals surface area contributed by atoms with Gasteiger partial charge in [0.25, 0.3) is 0 Å². The predicted molar refractivity (Wildman–Crippen MR) is 73.0 cm³/mol. The molecule has 108 valence electrons. The van der Waals surface area contributed by atoms with Crippen LogP contribution >= 0.6 is 0 Å². The van der Waals surface area contributed by atoms with Gasteiger partial charge in [-0.1, -0.05) is 27.7 Å². The first-order valence-electron chi connectivity index (χ1n) is 6.73. The third-order valence-electron chi connectivity index (χ3n) is 3.18. The van der Waals surface area contributed by atoms with Crippen LogP contribution in [0.3, 0.4) is 0 Å². The minimum atomic E-state index is -0.509. The van der Waals surface area contributed by atoms with E-state index in [-0.39, 0.29) is 23.6 Å². The van der Waals surface area contributed by atoms with E-state index in [1.54, 1.807) is 6.20 Å². The molecule has 0 aliphatic carbocycles. The van der Waals surface area contributed by atoms with Crippen molar-refractivity contribution in [3.63, 3.8) is 0 Å². The number of methoxy groups -OCH3 is 1. The number of rotatable bonds is 5. The van der Waals surface area contributed by atoms with Gasteiger partial charge >= 0.3 is 5.97 Å². The number of carbonyl (C=O) groups is 2. The van der Waals surface area contributed by atoms with E-state index >= 15 is 0 Å². The molecule has 0 aromatic carbocycles. The van der Waals surface area contributed by atoms with Gasteiger partial charge in [-0.3, -0.25) is 4.79 Å². The Morgan fingerprint density at radius 2 is 2.05 bits per heavy atom. The lowest BCUT2D eigenvalue weighted by atomic mass is 9.99. The molecule has 0 aromatic heterocycles. The minimum absolute atomic E-state index is 0.137. The van der Waals surface area contributed by atoms with Gasteiger partial charge in [0.15, 0.2) is 0 Å². The summed E-state index contributed by atoms with van der Waals surface area (Å²) in [7, 11) is 1.31. The Labute approximate surface area is 115 Å². The van der Waals surface area contributed by atoms with Gasteiger partial charge in [0.1, 0.15) is 11.7 Å². The van der Waals surface area contributed by atoms with Gasteiger partial charge in [-0.15, -0.1) is 0 Å². The Bertz CT molecular complexity index is 375. The largest absolute Gasteiger partial charge is 0.464 e. The fourth-order valence-electron chi connectivity index (χ4n) is 2.15. The Kier molecular flexibility index (Phi) is 5.39. The van der Waals surface area contributed by atoms with Gasteiger partial charge in [-0.05, 0) is 18.3 Å². The number of esters is 1. The molecule has 1 amide bonds. The molecule has 5 nitrogen and oxygen atoms in total. The molecule has 0 saturated heterocycles. The summed E-state index contributed by atoms with van der Waals surface area (Å²) in [5, 5.41) is 2.62. The van der Waals surface area contributed by atoms with E-state index in [2.05, 4.69) is 23.9 Å². The molecule has 1 rings (SSSR count). The molecule has 0 bridgehead atoms. The van der Waals surface area contributed by atoms with Gasteiger partial charge in [-0.2, -0.15) is 0 Å². The van der Waals surface area contributed by atoms with Crippen LogP contribution in [-0.2, 0) is 14.3 Å². The van der Waals surface area contributed by atoms with Crippen LogP contribution in [0.5, 0.6) is 0 Å². The van der Waals surface area contributed by atoms with Crippen LogP contribution in [-0.4, -0.2) is 36.5 Å². The predicted octanol–water partition coefficient (Wildman–Crippen LogP) is 1.50. The molecular formula is C14H24N2O3. The lowest BCUT2D eigenvalue weighted by Crippen LogP contribution is -2.53. The van der Waals surface area contributed by atoms with E-state index in [1.165, 1.54) is 7.11 Å². The maximum absolute atomic E-state index is 12.1. The molecule has 1 aliphatic rings. The number of hydrogen-bond acceptors (Lipinski definition) is 4. The van der Waals surface area contributed by atoms with Gasteiger partial charge in [-0.25, -0.2) is 4.79 Å². The highest BCUT2D eigenvalue weighted by Crippen LogP contribution is 2.19. The lowest BCUT2D eigenvalue weighted by Gasteiger charge is -2.36. The van der Waals surface area contributed by atoms with Crippen LogP contribution in [0.15, 0.2) is 11.9 Å². The monoisotopic (exact) mass is 268 g/mol. The second-order valence-electron chi connectivity index (χ2n) is 5.63. The van der Waals surface area contributed by atoms with E-state index in [0.29, 0.717) is 5.92 Å². The molecule has 0 radical (unpaired) electrons. The second kappa shape index (κ2) is 6.59. The third kappa shape index (κ3) is 3.98. The summed E-state index contributed by atoms with van der Waals surface area (Å²) in [6.45, 7) is 9.04. The van der Waals surface area contributed by atoms with Crippen LogP contribution in [0.4, 0.5) is 0 Å². The van der Waals surface area contributed by atoms with Crippen LogP contribution in [0.1, 0.15) is 34.1 Å². The summed E-state index contributed by atoms with van der Waals surface area (Å²) in [6, 6.07) is -0.229. The van der Waals surface area contributed by atoms with Crippen molar-refractivity contribution in [3.8, 4) is 0 Å². The average Bonchev–Trinajstić information content (AvgIpc) is 2.33. The maximum Gasteiger partial charge on any atom is 0.356 e. The zero-order valence-electron chi connectivity index (χ0n) is 12.4. The molecule has 0 fully saturated rings. The molecule has 19 heavy (non-hydrogen) atoms. The highest BCUT2D eigenvalue weighted by molar-refractivity contribution is 5.96. The normalized spacial score (nSPS) is 19.5. The van der Waals surface area contributed by atoms with Crippen molar-refractivity contribution >= 4 is 11.9 Å². The second-order valence-corrected chi connectivity index (χ2v) is 5.63. The number of amides is 1. The van der Waals surface area contributed by atoms with Crippen molar-refractivity contribution in [2.24, 2.45) is 11.8 Å². The Hall–Kier alpha value is -1.52. The highest BCUT2D eigenvalue weighted by atomic mass is 16.5. The summed E-state index contributed by atoms with van der Waals surface area (Å²) >= 11 is 0. The first-order chi connectivity index (χ1) is 8.86. The molecule has 0 saturated carbocycles. The van der Waals surface area contributed by atoms with Gasteiger partial charge < -0.3 is 15.0 Å². The fourth-order valence-corrected chi connectivity index (χ4v) is 2.15. The maximum atomic E-state index is 12.1. The number of carbonyl (C=O) groups excluding carboxylic acids is 2. The first kappa shape index (κ1) is 15.5. The van der Waals surface area contributed by atoms with Crippen molar-refractivity contribution in [2.75, 3.05) is 13.7 Å². The Balaban J connectivity index is 2.93. The van der Waals surface area contributed by atoms with E-state index < -0.39 is 5.97 Å². The summed E-state index contributed by atoms with van der Waals surface area (Å²) in [5.74, 6) is 0.0853. The van der Waals surface area contributed by atoms with Crippen molar-refractivity contribution in [1.82, 2.24) is 10.2 Å². The molecule has 1 aliphatic heterocycles. The zero-order valence-corrected chi connectivity index (χ0v) is 12.4. The van der Waals surface area contributed by atoms with Crippen LogP contribution < -0.4 is 5.32 Å². The smallest absolute Gasteiger partial charge is 0.356 e. The number of nitrogens with one attached hydrogen (secondary N) is 1. The summed E-state index contributed by atoms with van der Waals surface area (Å²) in [4.78, 5) is 25.6. The summed E-state index contributed by atoms with van der Waals surface area (Å²) < 4.78 is 4.66. The topological polar surface area (TPSA) is 58.6 Å². The number of nitrogens with zero attached hydrogens (tertiary/aromatic N) is 1. The molecule has 1 atom stereocenters. The fraction of sp³-hybridized carbons (Fsp3) is 0.714. The van der Waals surface area contributed by atoms with E-state index in [0.717, 1.165) is 13.0 Å². The van der Waals surface area contributed by atoms with Crippen LogP contribution in [0.2, 0.25) is 0 Å². The minimum Gasteiger partial charge on any atom is -0.464 e. The molecule has 1 unspecified atom stereocenters. The summed E-state index contributed by atoms with van der Waals surface area (Å²) in [5.41, 5.74) is 0.216. The molecule has 1 heterocycles. The average molecular weight is 268 g/mol. The van der Waals surface area contributed by atoms with E-state index in [4.69, 9.17) is 0 Å². The van der Waals surface area contributed by atoms with Crippen LogP contribution in [0, 0.1) is 11.8 Å². The third-order valence-corrected chi connectivity index (χ3v) is 3.18. The van der Waals surface area contributed by atoms with Gasteiger partial charge in [0.2, 0.25) is 5.91 Å². The zero-order chi connectivity index (χ0) is 14.6. The molecular weight excluding hydrogens is 244 g/mol. The molecule has 0 spiro atoms. The quantitative estimate of drug-likeness (QED) is 0.768. The SMILES string of the molecule is COC(=O)C1=CN(CCC(C)C)C(C(C)C)C(=O)N1. The summed E-state index contributed by atoms with van der Waals surface area (Å²) in [6.07, 6.45) is 2.68. The van der Waals surface area contributed by atoms with Crippen molar-refractivity contribution in [3.05, 3.63) is 11.9 Å². The van der Waals surface area contributed by atoms with Crippen molar-refractivity contribution in [2.45, 2.75) is 40.2 Å². The molecule has 5 heteroatoms. The Morgan fingerprint density at radius 1 is 1.42 bits per heavy atom. The van der Waals surface area contributed by atoms with Gasteiger partial charge in [0.05, 0.1) is 7.11 Å². The highest BCUT2D eigenvalue weighted by Gasteiger charge is 2.33. The van der Waals surface area contributed by atoms with E-state index in [9.17, 15) is 9.59 Å². The van der Waals surface area contributed by atoms with Gasteiger partial charge in [0, 0.05) is 12.7 Å². The standard InChI is InChI=1S/C14H24N2O3/c1-9(2)6-7-16-8-11(14(18)19-5)15-13(17)12(16)10(3)4/h8-10,12H,6-7H2,1-5H3,(H,15,17). The molecule has 0 aromatic rings. The first-order valence-corrected chi connectivity index (χ1v) is 6.73. The Morgan fingerprint density at radius 3 is 2.53 bits per heavy atom. The number of ether oxygens (including phenoxy) is 1. The van der Waals surface area contributed by atoms with E-state index in [1.807, 2.05) is 18.7 Å². The molecule has 1 N–H and O–H groups in total. The lowest BCUT2D eigenvalue weighted by molar-refractivity contribution is -0.139. The van der Waals surface area contributed by atoms with Crippen molar-refractivity contribution < 1.29 is 14.3 Å². The van der Waals surface area contributed by atoms with Crippen molar-refractivity contribution in [1.29, 1.82) is 0 Å². The van der Waals surface area contributed by atoms with Crippen LogP contribution in [0.25, 0.3) is 0 Å². The number of hydrogen-bond donors (Lipinski definition) is 1.